The molecule has 1 aliphatic heterocycles. The number of pyridine rings is 1. The van der Waals surface area contributed by atoms with Crippen LogP contribution in [0.15, 0.2) is 24.4 Å². The van der Waals surface area contributed by atoms with E-state index in [-0.39, 0.29) is 17.8 Å². The maximum atomic E-state index is 11.6. The van der Waals surface area contributed by atoms with Crippen molar-refractivity contribution in [1.82, 2.24) is 9.38 Å². The highest BCUT2D eigenvalue weighted by atomic mass is 16.5. The average Bonchev–Trinajstić information content (AvgIpc) is 2.80. The van der Waals surface area contributed by atoms with Crippen molar-refractivity contribution in [2.75, 3.05) is 18.1 Å². The van der Waals surface area contributed by atoms with Crippen molar-refractivity contribution in [1.29, 1.82) is 0 Å². The van der Waals surface area contributed by atoms with Crippen LogP contribution in [0.2, 0.25) is 0 Å². The number of rotatable bonds is 2. The third-order valence-electron chi connectivity index (χ3n) is 3.59. The van der Waals surface area contributed by atoms with E-state index in [4.69, 9.17) is 4.74 Å². The molecule has 0 amide bonds. The predicted octanol–water partition coefficient (Wildman–Crippen LogP) is 1.65. The number of fused-ring (bicyclic) bond motifs is 1. The molecule has 2 aromatic heterocycles. The summed E-state index contributed by atoms with van der Waals surface area (Å²) in [6.45, 7) is 5.22. The molecule has 0 bridgehead atoms. The zero-order valence-corrected chi connectivity index (χ0v) is 11.5. The molecule has 106 valence electrons. The fourth-order valence-electron chi connectivity index (χ4n) is 2.58. The molecule has 2 atom stereocenters. The molecule has 3 rings (SSSR count). The van der Waals surface area contributed by atoms with E-state index in [0.29, 0.717) is 24.6 Å². The zero-order valence-electron chi connectivity index (χ0n) is 11.5. The van der Waals surface area contributed by atoms with Crippen LogP contribution < -0.4 is 4.90 Å². The van der Waals surface area contributed by atoms with Crippen molar-refractivity contribution < 1.29 is 14.6 Å². The first kappa shape index (κ1) is 12.9. The monoisotopic (exact) mass is 275 g/mol. The van der Waals surface area contributed by atoms with Crippen LogP contribution in [0.5, 0.6) is 0 Å². The number of aromatic carboxylic acids is 1. The van der Waals surface area contributed by atoms with Gasteiger partial charge in [-0.15, -0.1) is 0 Å². The Balaban J connectivity index is 2.14. The van der Waals surface area contributed by atoms with Gasteiger partial charge in [0.2, 0.25) is 0 Å². The van der Waals surface area contributed by atoms with Gasteiger partial charge >= 0.3 is 5.97 Å². The van der Waals surface area contributed by atoms with E-state index < -0.39 is 5.97 Å². The second-order valence-electron chi connectivity index (χ2n) is 5.16. The molecule has 20 heavy (non-hydrogen) atoms. The van der Waals surface area contributed by atoms with Gasteiger partial charge in [0, 0.05) is 12.7 Å². The molecule has 3 heterocycles. The Morgan fingerprint density at radius 3 is 3.00 bits per heavy atom. The Morgan fingerprint density at radius 1 is 1.45 bits per heavy atom. The Bertz CT molecular complexity index is 652. The zero-order chi connectivity index (χ0) is 14.3. The van der Waals surface area contributed by atoms with E-state index in [1.807, 2.05) is 30.9 Å². The van der Waals surface area contributed by atoms with E-state index >= 15 is 0 Å². The van der Waals surface area contributed by atoms with E-state index in [1.54, 1.807) is 16.7 Å². The molecule has 0 aliphatic carbocycles. The molecule has 0 aromatic carbocycles. The SMILES string of the molecule is CC1CN(c2nc3ccccn3c2C(=O)O)C(C)CO1. The lowest BCUT2D eigenvalue weighted by atomic mass is 10.2. The third-order valence-corrected chi connectivity index (χ3v) is 3.59. The number of ether oxygens (including phenoxy) is 1. The van der Waals surface area contributed by atoms with E-state index in [0.717, 1.165) is 0 Å². The summed E-state index contributed by atoms with van der Waals surface area (Å²) in [5.41, 5.74) is 0.854. The molecule has 0 spiro atoms. The second kappa shape index (κ2) is 4.79. The van der Waals surface area contributed by atoms with Gasteiger partial charge in [0.1, 0.15) is 5.65 Å². The molecule has 6 heteroatoms. The molecule has 0 saturated carbocycles. The molecule has 1 saturated heterocycles. The predicted molar refractivity (Wildman–Crippen MR) is 74.4 cm³/mol. The van der Waals surface area contributed by atoms with Gasteiger partial charge in [0.05, 0.1) is 18.8 Å². The van der Waals surface area contributed by atoms with Gasteiger partial charge in [-0.05, 0) is 26.0 Å². The van der Waals surface area contributed by atoms with E-state index in [1.165, 1.54) is 0 Å². The highest BCUT2D eigenvalue weighted by molar-refractivity contribution is 5.93. The Labute approximate surface area is 116 Å². The first-order chi connectivity index (χ1) is 9.58. The summed E-state index contributed by atoms with van der Waals surface area (Å²) in [6, 6.07) is 5.57. The van der Waals surface area contributed by atoms with Crippen LogP contribution in [0.4, 0.5) is 5.82 Å². The normalized spacial score (nSPS) is 23.2. The summed E-state index contributed by atoms with van der Waals surface area (Å²) in [6.07, 6.45) is 1.79. The summed E-state index contributed by atoms with van der Waals surface area (Å²) in [7, 11) is 0. The average molecular weight is 275 g/mol. The maximum Gasteiger partial charge on any atom is 0.356 e. The molecule has 1 N–H and O–H groups in total. The van der Waals surface area contributed by atoms with Crippen LogP contribution >= 0.6 is 0 Å². The topological polar surface area (TPSA) is 67.1 Å². The number of anilines is 1. The molecular weight excluding hydrogens is 258 g/mol. The highest BCUT2D eigenvalue weighted by Gasteiger charge is 2.30. The van der Waals surface area contributed by atoms with Crippen molar-refractivity contribution >= 4 is 17.4 Å². The number of aromatic nitrogens is 2. The fourth-order valence-corrected chi connectivity index (χ4v) is 2.58. The fraction of sp³-hybridized carbons (Fsp3) is 0.429. The van der Waals surface area contributed by atoms with Crippen molar-refractivity contribution in [2.24, 2.45) is 0 Å². The van der Waals surface area contributed by atoms with E-state index in [9.17, 15) is 9.90 Å². The highest BCUT2D eigenvalue weighted by Crippen LogP contribution is 2.26. The lowest BCUT2D eigenvalue weighted by Crippen LogP contribution is -2.48. The van der Waals surface area contributed by atoms with Crippen LogP contribution in [0, 0.1) is 0 Å². The number of hydrogen-bond donors (Lipinski definition) is 1. The number of imidazole rings is 1. The van der Waals surface area contributed by atoms with Gasteiger partial charge in [-0.1, -0.05) is 6.07 Å². The quantitative estimate of drug-likeness (QED) is 0.902. The van der Waals surface area contributed by atoms with Crippen molar-refractivity contribution in [3.05, 3.63) is 30.1 Å². The molecule has 1 fully saturated rings. The largest absolute Gasteiger partial charge is 0.476 e. The molecule has 2 unspecified atom stereocenters. The molecule has 0 radical (unpaired) electrons. The van der Waals surface area contributed by atoms with Gasteiger partial charge in [0.15, 0.2) is 11.5 Å². The minimum Gasteiger partial charge on any atom is -0.476 e. The van der Waals surface area contributed by atoms with Crippen LogP contribution in [-0.2, 0) is 4.74 Å². The van der Waals surface area contributed by atoms with Gasteiger partial charge < -0.3 is 14.7 Å². The lowest BCUT2D eigenvalue weighted by Gasteiger charge is -2.37. The summed E-state index contributed by atoms with van der Waals surface area (Å²) in [4.78, 5) is 18.1. The van der Waals surface area contributed by atoms with Crippen LogP contribution in [0.1, 0.15) is 24.3 Å². The number of carboxylic acid groups (broad SMARTS) is 1. The molecular formula is C14H17N3O3. The molecule has 6 nitrogen and oxygen atoms in total. The van der Waals surface area contributed by atoms with Gasteiger partial charge in [-0.2, -0.15) is 0 Å². The number of carbonyl (C=O) groups is 1. The van der Waals surface area contributed by atoms with Crippen LogP contribution in [-0.4, -0.2) is 45.8 Å². The van der Waals surface area contributed by atoms with Gasteiger partial charge in [-0.3, -0.25) is 4.40 Å². The minimum absolute atomic E-state index is 0.0673. The van der Waals surface area contributed by atoms with Crippen molar-refractivity contribution in [2.45, 2.75) is 26.0 Å². The summed E-state index contributed by atoms with van der Waals surface area (Å²) in [5.74, 6) is -0.448. The first-order valence-electron chi connectivity index (χ1n) is 6.66. The smallest absolute Gasteiger partial charge is 0.356 e. The Kier molecular flexibility index (Phi) is 3.10. The molecule has 2 aromatic rings. The maximum absolute atomic E-state index is 11.6. The van der Waals surface area contributed by atoms with Crippen LogP contribution in [0.3, 0.4) is 0 Å². The summed E-state index contributed by atoms with van der Waals surface area (Å²) in [5, 5.41) is 9.52. The standard InChI is InChI=1S/C14H17N3O3/c1-9-8-20-10(2)7-17(9)13-12(14(18)19)16-6-4-3-5-11(16)15-13/h3-6,9-10H,7-8H2,1-2H3,(H,18,19). The summed E-state index contributed by atoms with van der Waals surface area (Å²) >= 11 is 0. The van der Waals surface area contributed by atoms with Crippen molar-refractivity contribution in [3.63, 3.8) is 0 Å². The number of nitrogens with zero attached hydrogens (tertiary/aromatic N) is 3. The Hall–Kier alpha value is -2.08. The first-order valence-corrected chi connectivity index (χ1v) is 6.66. The number of carboxylic acids is 1. The Morgan fingerprint density at radius 2 is 2.25 bits per heavy atom. The number of morpholine rings is 1. The van der Waals surface area contributed by atoms with E-state index in [2.05, 4.69) is 4.98 Å². The van der Waals surface area contributed by atoms with Gasteiger partial charge in [0.25, 0.3) is 0 Å². The van der Waals surface area contributed by atoms with Crippen molar-refractivity contribution in [3.8, 4) is 0 Å². The third kappa shape index (κ3) is 2.02. The second-order valence-corrected chi connectivity index (χ2v) is 5.16. The van der Waals surface area contributed by atoms with Crippen LogP contribution in [0.25, 0.3) is 5.65 Å². The summed E-state index contributed by atoms with van der Waals surface area (Å²) < 4.78 is 7.21. The molecule has 1 aliphatic rings. The number of hydrogen-bond acceptors (Lipinski definition) is 4. The van der Waals surface area contributed by atoms with Gasteiger partial charge in [-0.25, -0.2) is 9.78 Å². The lowest BCUT2D eigenvalue weighted by molar-refractivity contribution is 0.0338. The minimum atomic E-state index is -0.968.